The van der Waals surface area contributed by atoms with Gasteiger partial charge in [-0.15, -0.1) is 12.4 Å². The number of halogens is 1. The maximum atomic E-state index is 6.05. The first kappa shape index (κ1) is 25.1. The van der Waals surface area contributed by atoms with E-state index in [2.05, 4.69) is 41.5 Å². The predicted octanol–water partition coefficient (Wildman–Crippen LogP) is 5.75. The largest absolute Gasteiger partial charge is 0.350 e. The maximum Gasteiger partial charge on any atom is 0.170 e. The van der Waals surface area contributed by atoms with Crippen LogP contribution >= 0.6 is 12.4 Å². The third kappa shape index (κ3) is 9.98. The molecular weight excluding hydrogens is 274 g/mol. The first-order valence-electron chi connectivity index (χ1n) is 7.65. The van der Waals surface area contributed by atoms with E-state index in [9.17, 15) is 0 Å². The lowest BCUT2D eigenvalue weighted by atomic mass is 9.86. The molecule has 0 spiro atoms. The summed E-state index contributed by atoms with van der Waals surface area (Å²) >= 11 is 0. The molecule has 0 rings (SSSR count). The molecule has 3 N–H and O–H groups in total. The lowest BCUT2D eigenvalue weighted by Crippen LogP contribution is -2.45. The molecule has 0 heterocycles. The standard InChI is InChI=1S/C16H34O2.ClH.H3N/c1-7-9-11-13-17-16(6,15(3,4)5)18-14-12-10-8-2;;/h7-14H2,1-6H3;1H;1H3. The van der Waals surface area contributed by atoms with E-state index in [-0.39, 0.29) is 24.0 Å². The average molecular weight is 312 g/mol. The van der Waals surface area contributed by atoms with Crippen molar-refractivity contribution in [3.63, 3.8) is 0 Å². The summed E-state index contributed by atoms with van der Waals surface area (Å²) in [6.07, 6.45) is 7.17. The summed E-state index contributed by atoms with van der Waals surface area (Å²) in [5, 5.41) is 0. The zero-order valence-electron chi connectivity index (χ0n) is 14.6. The van der Waals surface area contributed by atoms with Gasteiger partial charge in [0.15, 0.2) is 5.79 Å². The lowest BCUT2D eigenvalue weighted by molar-refractivity contribution is -0.278. The molecule has 3 nitrogen and oxygen atoms in total. The van der Waals surface area contributed by atoms with Crippen molar-refractivity contribution in [2.45, 2.75) is 85.9 Å². The van der Waals surface area contributed by atoms with Crippen molar-refractivity contribution in [3.8, 4) is 0 Å². The van der Waals surface area contributed by atoms with Crippen molar-refractivity contribution < 1.29 is 9.47 Å². The van der Waals surface area contributed by atoms with Gasteiger partial charge in [0.1, 0.15) is 0 Å². The summed E-state index contributed by atoms with van der Waals surface area (Å²) in [6.45, 7) is 14.7. The van der Waals surface area contributed by atoms with Gasteiger partial charge in [-0.25, -0.2) is 0 Å². The fourth-order valence-corrected chi connectivity index (χ4v) is 1.71. The molecule has 0 saturated heterocycles. The molecule has 0 unspecified atom stereocenters. The van der Waals surface area contributed by atoms with Gasteiger partial charge in [0.05, 0.1) is 13.2 Å². The summed E-state index contributed by atoms with van der Waals surface area (Å²) < 4.78 is 12.1. The highest BCUT2D eigenvalue weighted by Crippen LogP contribution is 2.35. The van der Waals surface area contributed by atoms with Gasteiger partial charge in [-0.3, -0.25) is 0 Å². The summed E-state index contributed by atoms with van der Waals surface area (Å²) in [6, 6.07) is 0. The van der Waals surface area contributed by atoms with E-state index in [4.69, 9.17) is 9.47 Å². The van der Waals surface area contributed by atoms with Crippen molar-refractivity contribution in [2.75, 3.05) is 13.2 Å². The van der Waals surface area contributed by atoms with Gasteiger partial charge in [-0.1, -0.05) is 60.3 Å². The Morgan fingerprint density at radius 2 is 1.05 bits per heavy atom. The number of hydrogen-bond acceptors (Lipinski definition) is 3. The lowest BCUT2D eigenvalue weighted by Gasteiger charge is -2.41. The van der Waals surface area contributed by atoms with Crippen LogP contribution < -0.4 is 6.15 Å². The average Bonchev–Trinajstić information content (AvgIpc) is 2.29. The van der Waals surface area contributed by atoms with Crippen LogP contribution in [0.3, 0.4) is 0 Å². The summed E-state index contributed by atoms with van der Waals surface area (Å²) in [5.74, 6) is -0.464. The molecule has 0 aliphatic rings. The molecular formula is C16H38ClNO2. The first-order valence-corrected chi connectivity index (χ1v) is 7.65. The zero-order chi connectivity index (χ0) is 14.1. The minimum atomic E-state index is -0.464. The third-order valence-electron chi connectivity index (χ3n) is 3.61. The van der Waals surface area contributed by atoms with Gasteiger partial charge in [-0.2, -0.15) is 0 Å². The smallest absolute Gasteiger partial charge is 0.170 e. The van der Waals surface area contributed by atoms with Crippen LogP contribution in [0.5, 0.6) is 0 Å². The Hall–Kier alpha value is 0.170. The first-order chi connectivity index (χ1) is 8.37. The minimum absolute atomic E-state index is 0. The molecule has 0 aromatic carbocycles. The van der Waals surface area contributed by atoms with Crippen molar-refractivity contribution >= 4 is 12.4 Å². The molecule has 0 aromatic rings. The molecule has 0 saturated carbocycles. The Balaban J connectivity index is -0.00000144. The van der Waals surface area contributed by atoms with Gasteiger partial charge in [0, 0.05) is 5.41 Å². The van der Waals surface area contributed by atoms with Crippen molar-refractivity contribution in [2.24, 2.45) is 5.41 Å². The van der Waals surface area contributed by atoms with Crippen molar-refractivity contribution in [1.82, 2.24) is 6.15 Å². The quantitative estimate of drug-likeness (QED) is 0.413. The van der Waals surface area contributed by atoms with Crippen LogP contribution in [0.2, 0.25) is 0 Å². The molecule has 20 heavy (non-hydrogen) atoms. The Morgan fingerprint density at radius 1 is 0.700 bits per heavy atom. The third-order valence-corrected chi connectivity index (χ3v) is 3.61. The summed E-state index contributed by atoms with van der Waals surface area (Å²) in [4.78, 5) is 0. The van der Waals surface area contributed by atoms with Gasteiger partial charge in [0.25, 0.3) is 0 Å². The number of hydrogen-bond donors (Lipinski definition) is 1. The van der Waals surface area contributed by atoms with Crippen LogP contribution in [0.25, 0.3) is 0 Å². The van der Waals surface area contributed by atoms with E-state index in [0.717, 1.165) is 26.1 Å². The second-order valence-corrected chi connectivity index (χ2v) is 6.31. The van der Waals surface area contributed by atoms with Gasteiger partial charge in [-0.05, 0) is 19.8 Å². The Morgan fingerprint density at radius 3 is 1.30 bits per heavy atom. The monoisotopic (exact) mass is 311 g/mol. The highest BCUT2D eigenvalue weighted by atomic mass is 35.5. The molecule has 0 atom stereocenters. The fraction of sp³-hybridized carbons (Fsp3) is 1.00. The van der Waals surface area contributed by atoms with Crippen LogP contribution in [0, 0.1) is 5.41 Å². The van der Waals surface area contributed by atoms with E-state index in [1.165, 1.54) is 25.7 Å². The van der Waals surface area contributed by atoms with Gasteiger partial charge in [0.2, 0.25) is 0 Å². The van der Waals surface area contributed by atoms with Crippen molar-refractivity contribution in [3.05, 3.63) is 0 Å². The predicted molar refractivity (Wildman–Crippen MR) is 91.1 cm³/mol. The van der Waals surface area contributed by atoms with Gasteiger partial charge >= 0.3 is 0 Å². The zero-order valence-corrected chi connectivity index (χ0v) is 15.4. The normalized spacial score (nSPS) is 11.7. The Kier molecular flexibility index (Phi) is 16.2. The van der Waals surface area contributed by atoms with Crippen LogP contribution in [0.15, 0.2) is 0 Å². The van der Waals surface area contributed by atoms with E-state index in [1.807, 2.05) is 0 Å². The number of unbranched alkanes of at least 4 members (excludes halogenated alkanes) is 4. The highest BCUT2D eigenvalue weighted by molar-refractivity contribution is 5.85. The van der Waals surface area contributed by atoms with Crippen LogP contribution in [-0.2, 0) is 9.47 Å². The molecule has 0 bridgehead atoms. The molecule has 0 aliphatic heterocycles. The van der Waals surface area contributed by atoms with Gasteiger partial charge < -0.3 is 15.6 Å². The molecule has 4 heteroatoms. The van der Waals surface area contributed by atoms with Crippen LogP contribution in [0.4, 0.5) is 0 Å². The SMILES string of the molecule is CCCCCOC(C)(OCCCCC)C(C)(C)C.Cl.N. The molecule has 0 fully saturated rings. The number of rotatable bonds is 10. The second kappa shape index (κ2) is 12.9. The van der Waals surface area contributed by atoms with Crippen LogP contribution in [0.1, 0.15) is 80.1 Å². The summed E-state index contributed by atoms with van der Waals surface area (Å²) in [5.41, 5.74) is 0.00539. The second-order valence-electron chi connectivity index (χ2n) is 6.31. The van der Waals surface area contributed by atoms with E-state index >= 15 is 0 Å². The molecule has 126 valence electrons. The van der Waals surface area contributed by atoms with Crippen molar-refractivity contribution in [1.29, 1.82) is 0 Å². The Labute approximate surface area is 133 Å². The molecule has 0 aromatic heterocycles. The van der Waals surface area contributed by atoms with E-state index < -0.39 is 5.79 Å². The highest BCUT2D eigenvalue weighted by Gasteiger charge is 2.39. The minimum Gasteiger partial charge on any atom is -0.350 e. The summed E-state index contributed by atoms with van der Waals surface area (Å²) in [7, 11) is 0. The number of ether oxygens (including phenoxy) is 2. The topological polar surface area (TPSA) is 53.5 Å². The van der Waals surface area contributed by atoms with E-state index in [0.29, 0.717) is 0 Å². The molecule has 0 radical (unpaired) electrons. The molecule has 0 aliphatic carbocycles. The molecule has 0 amide bonds. The maximum absolute atomic E-state index is 6.05. The van der Waals surface area contributed by atoms with E-state index in [1.54, 1.807) is 0 Å². The fourth-order valence-electron chi connectivity index (χ4n) is 1.71. The van der Waals surface area contributed by atoms with Crippen LogP contribution in [-0.4, -0.2) is 19.0 Å². The Bertz CT molecular complexity index is 193.